The number of nitrogens with one attached hydrogen (secondary N) is 1. The maximum atomic E-state index is 12.1. The van der Waals surface area contributed by atoms with Crippen molar-refractivity contribution in [3.8, 4) is 0 Å². The number of carbonyl (C=O) groups is 1. The summed E-state index contributed by atoms with van der Waals surface area (Å²) in [5, 5.41) is 3.19. The van der Waals surface area contributed by atoms with Gasteiger partial charge in [0.2, 0.25) is 5.91 Å². The van der Waals surface area contributed by atoms with Gasteiger partial charge in [-0.05, 0) is 50.0 Å². The first-order chi connectivity index (χ1) is 9.79. The van der Waals surface area contributed by atoms with Crippen molar-refractivity contribution in [2.75, 3.05) is 13.1 Å². The second-order valence-electron chi connectivity index (χ2n) is 6.91. The lowest BCUT2D eigenvalue weighted by Crippen LogP contribution is -2.37. The van der Waals surface area contributed by atoms with Crippen LogP contribution in [0.2, 0.25) is 0 Å². The van der Waals surface area contributed by atoms with Gasteiger partial charge in [-0.15, -0.1) is 0 Å². The Bertz CT molecular complexity index is 285. The molecule has 2 atom stereocenters. The molecular formula is C17H32N2O. The predicted octanol–water partition coefficient (Wildman–Crippen LogP) is 3.23. The quantitative estimate of drug-likeness (QED) is 0.760. The van der Waals surface area contributed by atoms with Crippen molar-refractivity contribution in [2.45, 2.75) is 70.6 Å². The van der Waals surface area contributed by atoms with Crippen LogP contribution in [0.4, 0.5) is 0 Å². The molecule has 0 radical (unpaired) electrons. The van der Waals surface area contributed by atoms with Crippen LogP contribution in [0, 0.1) is 17.8 Å². The number of amides is 1. The minimum atomic E-state index is 0.276. The molecule has 1 amide bonds. The van der Waals surface area contributed by atoms with Crippen LogP contribution in [0.15, 0.2) is 0 Å². The Kier molecular flexibility index (Phi) is 6.85. The molecule has 3 heteroatoms. The third-order valence-corrected chi connectivity index (χ3v) is 5.38. The molecule has 0 aromatic carbocycles. The SMILES string of the molecule is NCC1CCCCC1CNC(=O)CC1CCCCCC1. The number of carbonyl (C=O) groups excluding carboxylic acids is 1. The van der Waals surface area contributed by atoms with Gasteiger partial charge in [0.05, 0.1) is 0 Å². The summed E-state index contributed by atoms with van der Waals surface area (Å²) in [6, 6.07) is 0. The fraction of sp³-hybridized carbons (Fsp3) is 0.941. The molecule has 2 aliphatic carbocycles. The number of hydrogen-bond donors (Lipinski definition) is 2. The first kappa shape index (κ1) is 15.8. The van der Waals surface area contributed by atoms with E-state index in [4.69, 9.17) is 5.73 Å². The average molecular weight is 280 g/mol. The lowest BCUT2D eigenvalue weighted by atomic mass is 9.79. The van der Waals surface area contributed by atoms with E-state index in [-0.39, 0.29) is 5.91 Å². The number of nitrogens with two attached hydrogens (primary N) is 1. The molecule has 2 aliphatic rings. The molecule has 0 spiro atoms. The fourth-order valence-electron chi connectivity index (χ4n) is 4.01. The molecule has 3 N–H and O–H groups in total. The lowest BCUT2D eigenvalue weighted by molar-refractivity contribution is -0.122. The van der Waals surface area contributed by atoms with E-state index in [0.717, 1.165) is 19.5 Å². The third kappa shape index (κ3) is 5.08. The van der Waals surface area contributed by atoms with Crippen molar-refractivity contribution in [1.29, 1.82) is 0 Å². The minimum Gasteiger partial charge on any atom is -0.356 e. The van der Waals surface area contributed by atoms with Gasteiger partial charge in [-0.2, -0.15) is 0 Å². The molecule has 0 bridgehead atoms. The van der Waals surface area contributed by atoms with E-state index >= 15 is 0 Å². The second-order valence-corrected chi connectivity index (χ2v) is 6.91. The van der Waals surface area contributed by atoms with E-state index < -0.39 is 0 Å². The summed E-state index contributed by atoms with van der Waals surface area (Å²) in [6.45, 7) is 1.64. The molecule has 3 nitrogen and oxygen atoms in total. The molecule has 0 aromatic heterocycles. The van der Waals surface area contributed by atoms with Crippen LogP contribution in [0.5, 0.6) is 0 Å². The van der Waals surface area contributed by atoms with Gasteiger partial charge in [-0.3, -0.25) is 4.79 Å². The Morgan fingerprint density at radius 1 is 0.900 bits per heavy atom. The summed E-state index contributed by atoms with van der Waals surface area (Å²) in [5.41, 5.74) is 5.85. The van der Waals surface area contributed by atoms with Gasteiger partial charge in [-0.1, -0.05) is 38.5 Å². The van der Waals surface area contributed by atoms with Gasteiger partial charge >= 0.3 is 0 Å². The van der Waals surface area contributed by atoms with Gasteiger partial charge in [-0.25, -0.2) is 0 Å². The van der Waals surface area contributed by atoms with E-state index in [1.807, 2.05) is 0 Å². The lowest BCUT2D eigenvalue weighted by Gasteiger charge is -2.30. The molecule has 0 heterocycles. The van der Waals surface area contributed by atoms with Crippen LogP contribution in [-0.2, 0) is 4.79 Å². The van der Waals surface area contributed by atoms with E-state index in [0.29, 0.717) is 17.8 Å². The first-order valence-electron chi connectivity index (χ1n) is 8.76. The van der Waals surface area contributed by atoms with Crippen LogP contribution in [-0.4, -0.2) is 19.0 Å². The van der Waals surface area contributed by atoms with Crippen molar-refractivity contribution in [1.82, 2.24) is 5.32 Å². The molecule has 116 valence electrons. The molecule has 2 fully saturated rings. The highest BCUT2D eigenvalue weighted by atomic mass is 16.1. The highest BCUT2D eigenvalue weighted by molar-refractivity contribution is 5.76. The zero-order chi connectivity index (χ0) is 14.2. The fourth-order valence-corrected chi connectivity index (χ4v) is 4.01. The van der Waals surface area contributed by atoms with Gasteiger partial charge in [0, 0.05) is 13.0 Å². The first-order valence-corrected chi connectivity index (χ1v) is 8.76. The highest BCUT2D eigenvalue weighted by Crippen LogP contribution is 2.29. The van der Waals surface area contributed by atoms with E-state index in [1.165, 1.54) is 64.2 Å². The average Bonchev–Trinajstić information content (AvgIpc) is 2.74. The summed E-state index contributed by atoms with van der Waals surface area (Å²) in [4.78, 5) is 12.1. The van der Waals surface area contributed by atoms with Crippen LogP contribution < -0.4 is 11.1 Å². The summed E-state index contributed by atoms with van der Waals surface area (Å²) < 4.78 is 0. The number of hydrogen-bond acceptors (Lipinski definition) is 2. The molecule has 0 saturated heterocycles. The van der Waals surface area contributed by atoms with Crippen molar-refractivity contribution >= 4 is 5.91 Å². The van der Waals surface area contributed by atoms with Crippen molar-refractivity contribution in [2.24, 2.45) is 23.5 Å². The Hall–Kier alpha value is -0.570. The van der Waals surface area contributed by atoms with Gasteiger partial charge in [0.1, 0.15) is 0 Å². The van der Waals surface area contributed by atoms with E-state index in [1.54, 1.807) is 0 Å². The van der Waals surface area contributed by atoms with Crippen LogP contribution in [0.1, 0.15) is 70.6 Å². The molecule has 2 unspecified atom stereocenters. The molecule has 0 aromatic rings. The van der Waals surface area contributed by atoms with Gasteiger partial charge in [0.25, 0.3) is 0 Å². The normalized spacial score (nSPS) is 28.9. The number of rotatable bonds is 5. The topological polar surface area (TPSA) is 55.1 Å². The maximum absolute atomic E-state index is 12.1. The van der Waals surface area contributed by atoms with Gasteiger partial charge in [0.15, 0.2) is 0 Å². The Morgan fingerprint density at radius 3 is 2.15 bits per heavy atom. The molecule has 20 heavy (non-hydrogen) atoms. The molecule has 2 saturated carbocycles. The third-order valence-electron chi connectivity index (χ3n) is 5.38. The van der Waals surface area contributed by atoms with E-state index in [2.05, 4.69) is 5.32 Å². The Balaban J connectivity index is 1.68. The van der Waals surface area contributed by atoms with E-state index in [9.17, 15) is 4.79 Å². The monoisotopic (exact) mass is 280 g/mol. The zero-order valence-electron chi connectivity index (χ0n) is 12.9. The smallest absolute Gasteiger partial charge is 0.220 e. The predicted molar refractivity (Wildman–Crippen MR) is 83.3 cm³/mol. The largest absolute Gasteiger partial charge is 0.356 e. The zero-order valence-corrected chi connectivity index (χ0v) is 12.9. The summed E-state index contributed by atoms with van der Waals surface area (Å²) in [6.07, 6.45) is 13.7. The Labute approximate surface area is 124 Å². The van der Waals surface area contributed by atoms with Crippen molar-refractivity contribution < 1.29 is 4.79 Å². The summed E-state index contributed by atoms with van der Waals surface area (Å²) in [5.74, 6) is 2.15. The molecular weight excluding hydrogens is 248 g/mol. The van der Waals surface area contributed by atoms with Crippen LogP contribution in [0.3, 0.4) is 0 Å². The van der Waals surface area contributed by atoms with Gasteiger partial charge < -0.3 is 11.1 Å². The standard InChI is InChI=1S/C17H32N2O/c18-12-15-9-5-6-10-16(15)13-19-17(20)11-14-7-3-1-2-4-8-14/h14-16H,1-13,18H2,(H,19,20). The van der Waals surface area contributed by atoms with Crippen molar-refractivity contribution in [3.63, 3.8) is 0 Å². The summed E-state index contributed by atoms with van der Waals surface area (Å²) in [7, 11) is 0. The van der Waals surface area contributed by atoms with Crippen molar-refractivity contribution in [3.05, 3.63) is 0 Å². The molecule has 0 aliphatic heterocycles. The highest BCUT2D eigenvalue weighted by Gasteiger charge is 2.24. The Morgan fingerprint density at radius 2 is 1.50 bits per heavy atom. The maximum Gasteiger partial charge on any atom is 0.220 e. The summed E-state index contributed by atoms with van der Waals surface area (Å²) >= 11 is 0. The van der Waals surface area contributed by atoms with Crippen LogP contribution in [0.25, 0.3) is 0 Å². The van der Waals surface area contributed by atoms with Crippen LogP contribution >= 0.6 is 0 Å². The second kappa shape index (κ2) is 8.66. The molecule has 2 rings (SSSR count). The minimum absolute atomic E-state index is 0.276.